The summed E-state index contributed by atoms with van der Waals surface area (Å²) in [6, 6.07) is 3.33. The van der Waals surface area contributed by atoms with E-state index < -0.39 is 11.9 Å². The third-order valence-electron chi connectivity index (χ3n) is 5.02. The van der Waals surface area contributed by atoms with Gasteiger partial charge in [0.2, 0.25) is 0 Å². The molecule has 0 amide bonds. The first-order chi connectivity index (χ1) is 15.4. The quantitative estimate of drug-likeness (QED) is 0.519. The van der Waals surface area contributed by atoms with Crippen molar-refractivity contribution < 1.29 is 28.5 Å². The van der Waals surface area contributed by atoms with Gasteiger partial charge in [-0.05, 0) is 38.5 Å². The Kier molecular flexibility index (Phi) is 6.24. The fourth-order valence-electron chi connectivity index (χ4n) is 3.60. The highest BCUT2D eigenvalue weighted by Crippen LogP contribution is 2.31. The van der Waals surface area contributed by atoms with Gasteiger partial charge < -0.3 is 18.9 Å². The second-order valence-corrected chi connectivity index (χ2v) is 8.09. The molecule has 0 saturated carbocycles. The summed E-state index contributed by atoms with van der Waals surface area (Å²) < 4.78 is 22.6. The molecule has 0 spiro atoms. The number of ether oxygens (including phenoxy) is 4. The Balaban J connectivity index is 1.78. The average molecular weight is 458 g/mol. The monoisotopic (exact) mass is 458 g/mol. The lowest BCUT2D eigenvalue weighted by Crippen LogP contribution is -2.23. The largest absolute Gasteiger partial charge is 0.467 e. The van der Waals surface area contributed by atoms with Crippen molar-refractivity contribution in [2.45, 2.75) is 33.9 Å². The van der Waals surface area contributed by atoms with E-state index in [1.165, 1.54) is 10.9 Å². The van der Waals surface area contributed by atoms with E-state index in [1.54, 1.807) is 32.9 Å². The van der Waals surface area contributed by atoms with Gasteiger partial charge in [-0.2, -0.15) is 0 Å². The van der Waals surface area contributed by atoms with Crippen LogP contribution in [0.25, 0.3) is 10.2 Å². The molecule has 4 rings (SSSR count). The predicted molar refractivity (Wildman–Crippen MR) is 116 cm³/mol. The molecule has 1 aliphatic heterocycles. The van der Waals surface area contributed by atoms with Crippen LogP contribution in [-0.2, 0) is 27.4 Å². The molecule has 3 heterocycles. The van der Waals surface area contributed by atoms with Crippen LogP contribution in [0.5, 0.6) is 5.75 Å². The number of esters is 2. The molecule has 3 aromatic rings. The van der Waals surface area contributed by atoms with E-state index in [0.29, 0.717) is 43.1 Å². The van der Waals surface area contributed by atoms with Gasteiger partial charge in [-0.15, -0.1) is 11.3 Å². The Morgan fingerprint density at radius 2 is 1.94 bits per heavy atom. The highest BCUT2D eigenvalue weighted by Gasteiger charge is 2.23. The normalized spacial score (nSPS) is 12.8. The number of benzene rings is 1. The lowest BCUT2D eigenvalue weighted by Gasteiger charge is -2.22. The molecular formula is C22H22N2O7S. The maximum absolute atomic E-state index is 13.3. The Labute approximate surface area is 187 Å². The fraction of sp³-hybridized carbons (Fsp3) is 0.364. The van der Waals surface area contributed by atoms with Gasteiger partial charge >= 0.3 is 11.9 Å². The first-order valence-corrected chi connectivity index (χ1v) is 10.9. The molecule has 0 N–H and O–H groups in total. The minimum absolute atomic E-state index is 0.0808. The molecule has 168 valence electrons. The summed E-state index contributed by atoms with van der Waals surface area (Å²) >= 11 is 1.13. The minimum atomic E-state index is -0.469. The molecule has 0 saturated heterocycles. The van der Waals surface area contributed by atoms with E-state index >= 15 is 0 Å². The van der Waals surface area contributed by atoms with Crippen LogP contribution in [0.1, 0.15) is 50.6 Å². The van der Waals surface area contributed by atoms with Crippen LogP contribution in [0.4, 0.5) is 0 Å². The SMILES string of the molecule is CCOC(=O)c1cc2c(c(Cn3cnc4sc(C(=O)OCC)c(C)c4c3=O)c1)OCOC2. The van der Waals surface area contributed by atoms with Crippen LogP contribution >= 0.6 is 11.3 Å². The van der Waals surface area contributed by atoms with Crippen molar-refractivity contribution >= 4 is 33.5 Å². The van der Waals surface area contributed by atoms with Crippen molar-refractivity contribution in [3.8, 4) is 5.75 Å². The van der Waals surface area contributed by atoms with Gasteiger partial charge in [-0.1, -0.05) is 0 Å². The van der Waals surface area contributed by atoms with Crippen LogP contribution in [0, 0.1) is 6.92 Å². The zero-order valence-corrected chi connectivity index (χ0v) is 18.7. The fourth-order valence-corrected chi connectivity index (χ4v) is 4.63. The Morgan fingerprint density at radius 1 is 1.19 bits per heavy atom. The molecule has 1 aromatic carbocycles. The summed E-state index contributed by atoms with van der Waals surface area (Å²) in [6.07, 6.45) is 1.43. The summed E-state index contributed by atoms with van der Waals surface area (Å²) in [5, 5.41) is 0.375. The van der Waals surface area contributed by atoms with Crippen LogP contribution in [0.2, 0.25) is 0 Å². The summed E-state index contributed by atoms with van der Waals surface area (Å²) in [5.41, 5.74) is 1.95. The third kappa shape index (κ3) is 3.98. The van der Waals surface area contributed by atoms with Gasteiger partial charge in [0, 0.05) is 11.1 Å². The van der Waals surface area contributed by atoms with E-state index in [1.807, 2.05) is 0 Å². The molecule has 9 nitrogen and oxygen atoms in total. The molecule has 1 aliphatic rings. The Morgan fingerprint density at radius 3 is 2.69 bits per heavy atom. The second kappa shape index (κ2) is 9.09. The summed E-state index contributed by atoms with van der Waals surface area (Å²) in [6.45, 7) is 6.16. The van der Waals surface area contributed by atoms with Crippen LogP contribution < -0.4 is 10.3 Å². The van der Waals surface area contributed by atoms with E-state index in [9.17, 15) is 14.4 Å². The van der Waals surface area contributed by atoms with Crippen molar-refractivity contribution in [1.29, 1.82) is 0 Å². The van der Waals surface area contributed by atoms with Crippen molar-refractivity contribution in [1.82, 2.24) is 9.55 Å². The number of hydrogen-bond acceptors (Lipinski definition) is 9. The smallest absolute Gasteiger partial charge is 0.348 e. The first kappa shape index (κ1) is 22.0. The molecule has 0 fully saturated rings. The van der Waals surface area contributed by atoms with E-state index in [2.05, 4.69) is 4.98 Å². The van der Waals surface area contributed by atoms with Crippen molar-refractivity contribution in [3.63, 3.8) is 0 Å². The second-order valence-electron chi connectivity index (χ2n) is 7.09. The number of carbonyl (C=O) groups excluding carboxylic acids is 2. The van der Waals surface area contributed by atoms with Crippen LogP contribution in [0.15, 0.2) is 23.3 Å². The number of hydrogen-bond donors (Lipinski definition) is 0. The van der Waals surface area contributed by atoms with Gasteiger partial charge in [0.1, 0.15) is 15.5 Å². The van der Waals surface area contributed by atoms with Crippen molar-refractivity contribution in [2.24, 2.45) is 0 Å². The van der Waals surface area contributed by atoms with Gasteiger partial charge in [0.25, 0.3) is 5.56 Å². The highest BCUT2D eigenvalue weighted by molar-refractivity contribution is 7.20. The van der Waals surface area contributed by atoms with E-state index in [0.717, 1.165) is 11.3 Å². The van der Waals surface area contributed by atoms with Crippen molar-refractivity contribution in [3.05, 3.63) is 55.9 Å². The molecule has 0 atom stereocenters. The van der Waals surface area contributed by atoms with Gasteiger partial charge in [-0.25, -0.2) is 14.6 Å². The van der Waals surface area contributed by atoms with Gasteiger partial charge in [0.05, 0.1) is 43.6 Å². The third-order valence-corrected chi connectivity index (χ3v) is 6.20. The Hall–Kier alpha value is -3.24. The predicted octanol–water partition coefficient (Wildman–Crippen LogP) is 3.03. The number of thiophene rings is 1. The number of fused-ring (bicyclic) bond motifs is 2. The van der Waals surface area contributed by atoms with Crippen LogP contribution in [-0.4, -0.2) is 41.5 Å². The molecule has 0 bridgehead atoms. The zero-order chi connectivity index (χ0) is 22.8. The highest BCUT2D eigenvalue weighted by atomic mass is 32.1. The van der Waals surface area contributed by atoms with E-state index in [-0.39, 0.29) is 38.7 Å². The number of aromatic nitrogens is 2. The minimum Gasteiger partial charge on any atom is -0.467 e. The summed E-state index contributed by atoms with van der Waals surface area (Å²) in [7, 11) is 0. The molecule has 0 radical (unpaired) electrons. The topological polar surface area (TPSA) is 106 Å². The molecule has 0 aliphatic carbocycles. The van der Waals surface area contributed by atoms with Crippen LogP contribution in [0.3, 0.4) is 0 Å². The number of aryl methyl sites for hydroxylation is 1. The molecule has 0 unspecified atom stereocenters. The standard InChI is InChI=1S/C22H22N2O7S/c1-4-29-21(26)13-6-14(17-15(7-13)9-28-11-31-17)8-24-10-23-19-16(20(24)25)12(3)18(32-19)22(27)30-5-2/h6-7,10H,4-5,8-9,11H2,1-3H3. The van der Waals surface area contributed by atoms with Gasteiger partial charge in [0.15, 0.2) is 6.79 Å². The molecule has 32 heavy (non-hydrogen) atoms. The number of nitrogens with zero attached hydrogens (tertiary/aromatic N) is 2. The maximum atomic E-state index is 13.3. The molecule has 10 heteroatoms. The number of carbonyl (C=O) groups is 2. The summed E-state index contributed by atoms with van der Waals surface area (Å²) in [5.74, 6) is -0.357. The lowest BCUT2D eigenvalue weighted by atomic mass is 10.0. The van der Waals surface area contributed by atoms with Gasteiger partial charge in [-0.3, -0.25) is 9.36 Å². The number of rotatable bonds is 6. The average Bonchev–Trinajstić information content (AvgIpc) is 3.13. The van der Waals surface area contributed by atoms with E-state index in [4.69, 9.17) is 18.9 Å². The maximum Gasteiger partial charge on any atom is 0.348 e. The first-order valence-electron chi connectivity index (χ1n) is 10.1. The molecule has 2 aromatic heterocycles. The Bertz CT molecular complexity index is 1260. The summed E-state index contributed by atoms with van der Waals surface area (Å²) in [4.78, 5) is 43.0. The lowest BCUT2D eigenvalue weighted by molar-refractivity contribution is -0.0171. The van der Waals surface area contributed by atoms with Crippen molar-refractivity contribution in [2.75, 3.05) is 20.0 Å². The zero-order valence-electron chi connectivity index (χ0n) is 17.9. The molecular weight excluding hydrogens is 436 g/mol.